The van der Waals surface area contributed by atoms with Crippen LogP contribution in [0.25, 0.3) is 0 Å². The van der Waals surface area contributed by atoms with Crippen LogP contribution in [0.1, 0.15) is 20.8 Å². The van der Waals surface area contributed by atoms with E-state index >= 15 is 0 Å². The van der Waals surface area contributed by atoms with Crippen molar-refractivity contribution in [1.29, 1.82) is 5.26 Å². The summed E-state index contributed by atoms with van der Waals surface area (Å²) in [4.78, 5) is 34.1. The van der Waals surface area contributed by atoms with Crippen molar-refractivity contribution in [3.63, 3.8) is 0 Å². The molecule has 0 fully saturated rings. The summed E-state index contributed by atoms with van der Waals surface area (Å²) >= 11 is 0. The maximum atomic E-state index is 12.0. The van der Waals surface area contributed by atoms with Crippen LogP contribution < -0.4 is 16.0 Å². The lowest BCUT2D eigenvalue weighted by Gasteiger charge is -2.17. The van der Waals surface area contributed by atoms with Gasteiger partial charge in [0.2, 0.25) is 5.91 Å². The minimum absolute atomic E-state index is 0.192. The van der Waals surface area contributed by atoms with Crippen molar-refractivity contribution in [3.05, 3.63) is 36.0 Å². The zero-order valence-electron chi connectivity index (χ0n) is 14.2. The monoisotopic (exact) mass is 344 g/mol. The van der Waals surface area contributed by atoms with E-state index in [1.807, 2.05) is 0 Å². The molecular weight excluding hydrogens is 324 g/mol. The fourth-order valence-electron chi connectivity index (χ4n) is 1.89. The van der Waals surface area contributed by atoms with E-state index in [0.29, 0.717) is 11.4 Å². The van der Waals surface area contributed by atoms with Crippen LogP contribution in [0.3, 0.4) is 0 Å². The second kappa shape index (κ2) is 9.08. The maximum absolute atomic E-state index is 12.0. The molecule has 0 bridgehead atoms. The number of rotatable bonds is 7. The highest BCUT2D eigenvalue weighted by molar-refractivity contribution is 5.99. The summed E-state index contributed by atoms with van der Waals surface area (Å²) in [6, 6.07) is 7.27. The highest BCUT2D eigenvalue weighted by Gasteiger charge is 2.24. The second-order valence-corrected chi connectivity index (χ2v) is 5.61. The van der Waals surface area contributed by atoms with Crippen LogP contribution in [0.4, 0.5) is 11.4 Å². The van der Waals surface area contributed by atoms with Gasteiger partial charge in [0.1, 0.15) is 17.7 Å². The highest BCUT2D eigenvalue weighted by atomic mass is 16.4. The summed E-state index contributed by atoms with van der Waals surface area (Å²) in [6.45, 7) is 4.71. The quantitative estimate of drug-likeness (QED) is 0.440. The third kappa shape index (κ3) is 6.35. The number of carbonyl (C=O) groups is 3. The van der Waals surface area contributed by atoms with Crippen molar-refractivity contribution in [1.82, 2.24) is 5.32 Å². The Morgan fingerprint density at radius 1 is 1.16 bits per heavy atom. The molecule has 0 spiro atoms. The highest BCUT2D eigenvalue weighted by Crippen LogP contribution is 2.14. The van der Waals surface area contributed by atoms with Crippen molar-refractivity contribution < 1.29 is 19.5 Å². The molecule has 1 atom stereocenters. The molecule has 0 saturated heterocycles. The lowest BCUT2D eigenvalue weighted by molar-refractivity contribution is -0.142. The van der Waals surface area contributed by atoms with Gasteiger partial charge < -0.3 is 21.1 Å². The fraction of sp³-hybridized carbons (Fsp3) is 0.294. The van der Waals surface area contributed by atoms with E-state index in [1.165, 1.54) is 13.1 Å². The van der Waals surface area contributed by atoms with Gasteiger partial charge in [-0.1, -0.05) is 13.8 Å². The molecule has 1 aromatic carbocycles. The van der Waals surface area contributed by atoms with Crippen LogP contribution >= 0.6 is 0 Å². The van der Waals surface area contributed by atoms with Gasteiger partial charge in [0, 0.05) is 24.5 Å². The smallest absolute Gasteiger partial charge is 0.326 e. The molecular formula is C17H20N4O4. The van der Waals surface area contributed by atoms with Gasteiger partial charge in [0.05, 0.1) is 0 Å². The first kappa shape index (κ1) is 19.7. The molecule has 0 radical (unpaired) electrons. The minimum Gasteiger partial charge on any atom is -0.480 e. The lowest BCUT2D eigenvalue weighted by atomic mass is 10.0. The van der Waals surface area contributed by atoms with E-state index in [1.54, 1.807) is 44.2 Å². The Morgan fingerprint density at radius 3 is 2.16 bits per heavy atom. The van der Waals surface area contributed by atoms with Crippen LogP contribution in [-0.2, 0) is 14.4 Å². The number of benzene rings is 1. The molecule has 0 saturated carbocycles. The van der Waals surface area contributed by atoms with Crippen LogP contribution in [0, 0.1) is 17.2 Å². The zero-order valence-corrected chi connectivity index (χ0v) is 14.2. The van der Waals surface area contributed by atoms with E-state index in [0.717, 1.165) is 0 Å². The number of carboxylic acids is 1. The third-order valence-corrected chi connectivity index (χ3v) is 3.17. The lowest BCUT2D eigenvalue weighted by Crippen LogP contribution is -2.44. The molecule has 4 N–H and O–H groups in total. The number of aliphatic carboxylic acids is 1. The molecule has 1 aromatic rings. The first-order valence-corrected chi connectivity index (χ1v) is 7.52. The van der Waals surface area contributed by atoms with E-state index in [4.69, 9.17) is 10.4 Å². The van der Waals surface area contributed by atoms with Gasteiger partial charge in [-0.15, -0.1) is 0 Å². The van der Waals surface area contributed by atoms with E-state index in [-0.39, 0.29) is 17.4 Å². The van der Waals surface area contributed by atoms with E-state index in [2.05, 4.69) is 16.0 Å². The zero-order chi connectivity index (χ0) is 19.0. The summed E-state index contributed by atoms with van der Waals surface area (Å²) in [7, 11) is 0. The van der Waals surface area contributed by atoms with Gasteiger partial charge in [-0.05, 0) is 30.2 Å². The van der Waals surface area contributed by atoms with E-state index < -0.39 is 17.9 Å². The third-order valence-electron chi connectivity index (χ3n) is 3.17. The molecule has 0 aliphatic rings. The Morgan fingerprint density at radius 2 is 1.72 bits per heavy atom. The second-order valence-electron chi connectivity index (χ2n) is 5.61. The fourth-order valence-corrected chi connectivity index (χ4v) is 1.89. The molecule has 1 rings (SSSR count). The van der Waals surface area contributed by atoms with Crippen LogP contribution in [0.15, 0.2) is 36.0 Å². The number of carbonyl (C=O) groups excluding carboxylic acids is 2. The molecule has 0 heterocycles. The Bertz CT molecular complexity index is 717. The van der Waals surface area contributed by atoms with Gasteiger partial charge in [-0.25, -0.2) is 4.79 Å². The summed E-state index contributed by atoms with van der Waals surface area (Å²) in [5.41, 5.74) is 0.952. The average molecular weight is 344 g/mol. The van der Waals surface area contributed by atoms with Crippen molar-refractivity contribution >= 4 is 29.2 Å². The van der Waals surface area contributed by atoms with Crippen molar-refractivity contribution in [2.45, 2.75) is 26.8 Å². The SMILES string of the molecule is CC(=O)Nc1ccc(N/C=C(/C#N)C(=O)NC(C(=O)O)C(C)C)cc1. The Hall–Kier alpha value is -3.34. The van der Waals surface area contributed by atoms with E-state index in [9.17, 15) is 14.4 Å². The van der Waals surface area contributed by atoms with Gasteiger partial charge in [-0.2, -0.15) is 5.26 Å². The van der Waals surface area contributed by atoms with Gasteiger partial charge >= 0.3 is 5.97 Å². The molecule has 25 heavy (non-hydrogen) atoms. The Labute approximate surface area is 145 Å². The van der Waals surface area contributed by atoms with Gasteiger partial charge in [0.15, 0.2) is 0 Å². The first-order valence-electron chi connectivity index (χ1n) is 7.52. The summed E-state index contributed by atoms with van der Waals surface area (Å²) in [5.74, 6) is -2.45. The molecule has 1 unspecified atom stereocenters. The molecule has 132 valence electrons. The first-order chi connectivity index (χ1) is 11.7. The standard InChI is InChI=1S/C17H20N4O4/c1-10(2)15(17(24)25)21-16(23)12(8-18)9-19-13-4-6-14(7-5-13)20-11(3)22/h4-7,9-10,15,19H,1-3H3,(H,20,22)(H,21,23)(H,24,25)/b12-9-. The average Bonchev–Trinajstić information content (AvgIpc) is 2.53. The predicted octanol–water partition coefficient (Wildman–Crippen LogP) is 1.69. The number of nitrogens with one attached hydrogen (secondary N) is 3. The molecule has 0 aliphatic carbocycles. The number of anilines is 2. The number of hydrogen-bond acceptors (Lipinski definition) is 5. The number of carboxylic acid groups (broad SMARTS) is 1. The molecule has 8 nitrogen and oxygen atoms in total. The molecule has 0 aromatic heterocycles. The summed E-state index contributed by atoms with van der Waals surface area (Å²) in [6.07, 6.45) is 1.20. The summed E-state index contributed by atoms with van der Waals surface area (Å²) < 4.78 is 0. The largest absolute Gasteiger partial charge is 0.480 e. The molecule has 8 heteroatoms. The number of nitrogens with zero attached hydrogens (tertiary/aromatic N) is 1. The number of amides is 2. The predicted molar refractivity (Wildman–Crippen MR) is 92.5 cm³/mol. The normalized spacial score (nSPS) is 12.0. The van der Waals surface area contributed by atoms with Gasteiger partial charge in [0.25, 0.3) is 5.91 Å². The molecule has 0 aliphatic heterocycles. The Balaban J connectivity index is 2.79. The van der Waals surface area contributed by atoms with Crippen molar-refractivity contribution in [2.24, 2.45) is 5.92 Å². The maximum Gasteiger partial charge on any atom is 0.326 e. The van der Waals surface area contributed by atoms with Crippen LogP contribution in [0.5, 0.6) is 0 Å². The summed E-state index contributed by atoms with van der Waals surface area (Å²) in [5, 5.41) is 25.9. The van der Waals surface area contributed by atoms with Crippen molar-refractivity contribution in [3.8, 4) is 6.07 Å². The number of hydrogen-bond donors (Lipinski definition) is 4. The van der Waals surface area contributed by atoms with Gasteiger partial charge in [-0.3, -0.25) is 9.59 Å². The molecule has 2 amide bonds. The van der Waals surface area contributed by atoms with Crippen LogP contribution in [-0.4, -0.2) is 28.9 Å². The van der Waals surface area contributed by atoms with Crippen molar-refractivity contribution in [2.75, 3.05) is 10.6 Å². The minimum atomic E-state index is -1.16. The Kier molecular flexibility index (Phi) is 7.16. The van der Waals surface area contributed by atoms with Crippen LogP contribution in [0.2, 0.25) is 0 Å². The number of nitriles is 1. The topological polar surface area (TPSA) is 131 Å².